The number of rotatable bonds is 3. The predicted octanol–water partition coefficient (Wildman–Crippen LogP) is 5.33. The van der Waals surface area contributed by atoms with Crippen molar-refractivity contribution >= 4 is 33.2 Å². The van der Waals surface area contributed by atoms with Crippen LogP contribution in [0.3, 0.4) is 0 Å². The van der Waals surface area contributed by atoms with Crippen LogP contribution < -0.4 is 5.43 Å². The van der Waals surface area contributed by atoms with Crippen LogP contribution in [-0.2, 0) is 0 Å². The maximum absolute atomic E-state index is 12.7. The van der Waals surface area contributed by atoms with Crippen molar-refractivity contribution in [2.75, 3.05) is 0 Å². The molecule has 1 aliphatic rings. The van der Waals surface area contributed by atoms with Crippen LogP contribution in [0.5, 0.6) is 0 Å². The van der Waals surface area contributed by atoms with Crippen LogP contribution in [-0.4, -0.2) is 21.4 Å². The molecule has 1 unspecified atom stereocenters. The lowest BCUT2D eigenvalue weighted by atomic mass is 9.72. The number of hydrogen-bond donors (Lipinski definition) is 1. The molecule has 1 N–H and O–H groups in total. The molecule has 0 saturated heterocycles. The number of nitrogens with zero attached hydrogens (tertiary/aromatic N) is 3. The average Bonchev–Trinajstić information content (AvgIpc) is 3.20. The largest absolute Gasteiger partial charge is 0.281 e. The van der Waals surface area contributed by atoms with E-state index >= 15 is 0 Å². The van der Waals surface area contributed by atoms with Gasteiger partial charge in [-0.05, 0) is 55.7 Å². The summed E-state index contributed by atoms with van der Waals surface area (Å²) in [6, 6.07) is 11.9. The summed E-state index contributed by atoms with van der Waals surface area (Å²) in [6.07, 6.45) is 3.09. The number of hydrazone groups is 1. The second-order valence-electron chi connectivity index (χ2n) is 8.64. The van der Waals surface area contributed by atoms with Gasteiger partial charge in [0.2, 0.25) is 0 Å². The monoisotopic (exact) mass is 394 g/mol. The van der Waals surface area contributed by atoms with Crippen molar-refractivity contribution in [3.63, 3.8) is 0 Å². The Bertz CT molecular complexity index is 1050. The number of benzene rings is 1. The number of nitrogens with one attached hydrogen (secondary N) is 1. The fourth-order valence-corrected chi connectivity index (χ4v) is 5.36. The number of fused-ring (bicyclic) bond motifs is 1. The molecule has 0 spiro atoms. The Hall–Kier alpha value is -2.47. The second kappa shape index (κ2) is 7.17. The fourth-order valence-electron chi connectivity index (χ4n) is 4.29. The van der Waals surface area contributed by atoms with Crippen molar-refractivity contribution < 1.29 is 4.79 Å². The Kier molecular flexibility index (Phi) is 4.83. The smallest absolute Gasteiger partial charge is 0.266 e. The minimum atomic E-state index is -0.149. The number of carbonyl (C=O) groups excluding carboxylic acids is 1. The first kappa shape index (κ1) is 18.9. The molecule has 1 atom stereocenters. The van der Waals surface area contributed by atoms with E-state index < -0.39 is 0 Å². The van der Waals surface area contributed by atoms with Gasteiger partial charge >= 0.3 is 0 Å². The molecular formula is C22H26N4OS. The highest BCUT2D eigenvalue weighted by molar-refractivity contribution is 7.20. The molecule has 0 radical (unpaired) electrons. The first-order valence-electron chi connectivity index (χ1n) is 9.73. The Morgan fingerprint density at radius 1 is 1.32 bits per heavy atom. The van der Waals surface area contributed by atoms with Gasteiger partial charge in [-0.2, -0.15) is 10.2 Å². The molecule has 2 heterocycles. The quantitative estimate of drug-likeness (QED) is 0.611. The fraction of sp³-hybridized carbons (Fsp3) is 0.409. The van der Waals surface area contributed by atoms with Gasteiger partial charge in [0, 0.05) is 11.1 Å². The molecule has 1 amide bonds. The summed E-state index contributed by atoms with van der Waals surface area (Å²) < 4.78 is 1.91. The Balaban J connectivity index is 1.58. The summed E-state index contributed by atoms with van der Waals surface area (Å²) in [4.78, 5) is 14.4. The molecule has 1 fully saturated rings. The summed E-state index contributed by atoms with van der Waals surface area (Å²) >= 11 is 1.45. The van der Waals surface area contributed by atoms with Gasteiger partial charge in [0.05, 0.1) is 16.3 Å². The van der Waals surface area contributed by atoms with Crippen molar-refractivity contribution in [2.45, 2.75) is 47.0 Å². The SMILES string of the molecule is Cc1nn(-c2ccccc2)c2sc(C(=O)N/N=C3/CC(C)CC(C)(C)C3)cc12. The molecule has 5 nitrogen and oxygen atoms in total. The molecule has 0 aliphatic heterocycles. The maximum atomic E-state index is 12.7. The van der Waals surface area contributed by atoms with E-state index in [2.05, 4.69) is 36.4 Å². The number of para-hydroxylation sites is 1. The van der Waals surface area contributed by atoms with Crippen LogP contribution in [0.15, 0.2) is 41.5 Å². The van der Waals surface area contributed by atoms with Crippen molar-refractivity contribution in [1.29, 1.82) is 0 Å². The highest BCUT2D eigenvalue weighted by atomic mass is 32.1. The van der Waals surface area contributed by atoms with Crippen LogP contribution >= 0.6 is 11.3 Å². The van der Waals surface area contributed by atoms with Gasteiger partial charge in [0.15, 0.2) is 0 Å². The second-order valence-corrected chi connectivity index (χ2v) is 9.67. The lowest BCUT2D eigenvalue weighted by molar-refractivity contribution is 0.0958. The van der Waals surface area contributed by atoms with Crippen LogP contribution in [0.4, 0.5) is 0 Å². The molecule has 6 heteroatoms. The highest BCUT2D eigenvalue weighted by Crippen LogP contribution is 2.37. The number of carbonyl (C=O) groups is 1. The number of thiophene rings is 1. The van der Waals surface area contributed by atoms with Gasteiger partial charge < -0.3 is 0 Å². The standard InChI is InChI=1S/C22H26N4OS/c1-14-10-16(13-22(3,4)12-14)23-24-20(27)19-11-18-15(2)25-26(21(18)28-19)17-8-6-5-7-9-17/h5-9,11,14H,10,12-13H2,1-4H3,(H,24,27)/b23-16-. The Morgan fingerprint density at radius 2 is 2.07 bits per heavy atom. The molecule has 3 aromatic rings. The first-order valence-corrected chi connectivity index (χ1v) is 10.5. The Labute approximate surface area is 169 Å². The van der Waals surface area contributed by atoms with Crippen LogP contribution in [0, 0.1) is 18.3 Å². The van der Waals surface area contributed by atoms with E-state index in [-0.39, 0.29) is 11.3 Å². The highest BCUT2D eigenvalue weighted by Gasteiger charge is 2.29. The molecular weight excluding hydrogens is 368 g/mol. The molecule has 1 aliphatic carbocycles. The number of aromatic nitrogens is 2. The zero-order chi connectivity index (χ0) is 19.9. The molecule has 4 rings (SSSR count). The van der Waals surface area contributed by atoms with Gasteiger partial charge in [-0.25, -0.2) is 10.1 Å². The lowest BCUT2D eigenvalue weighted by Crippen LogP contribution is -2.30. The van der Waals surface area contributed by atoms with E-state index in [1.54, 1.807) is 0 Å². The third-order valence-corrected chi connectivity index (χ3v) is 6.36. The van der Waals surface area contributed by atoms with Gasteiger partial charge in [-0.3, -0.25) is 4.79 Å². The van der Waals surface area contributed by atoms with Crippen molar-refractivity contribution in [3.05, 3.63) is 47.0 Å². The van der Waals surface area contributed by atoms with Crippen LogP contribution in [0.25, 0.3) is 15.9 Å². The van der Waals surface area contributed by atoms with Gasteiger partial charge in [-0.1, -0.05) is 39.0 Å². The third-order valence-electron chi connectivity index (χ3n) is 5.25. The van der Waals surface area contributed by atoms with Crippen molar-refractivity contribution in [3.8, 4) is 5.69 Å². The van der Waals surface area contributed by atoms with E-state index in [1.165, 1.54) is 17.8 Å². The topological polar surface area (TPSA) is 59.3 Å². The summed E-state index contributed by atoms with van der Waals surface area (Å²) in [5.74, 6) is 0.451. The van der Waals surface area contributed by atoms with E-state index in [1.807, 2.05) is 48.0 Å². The zero-order valence-corrected chi connectivity index (χ0v) is 17.6. The van der Waals surface area contributed by atoms with Crippen molar-refractivity contribution in [2.24, 2.45) is 16.4 Å². The lowest BCUT2D eigenvalue weighted by Gasteiger charge is -2.34. The summed E-state index contributed by atoms with van der Waals surface area (Å²) in [5.41, 5.74) is 6.03. The van der Waals surface area contributed by atoms with E-state index in [4.69, 9.17) is 0 Å². The van der Waals surface area contributed by atoms with Crippen LogP contribution in [0.2, 0.25) is 0 Å². The molecule has 28 heavy (non-hydrogen) atoms. The molecule has 2 aromatic heterocycles. The zero-order valence-electron chi connectivity index (χ0n) is 16.8. The third kappa shape index (κ3) is 3.74. The summed E-state index contributed by atoms with van der Waals surface area (Å²) in [5, 5.41) is 10.1. The summed E-state index contributed by atoms with van der Waals surface area (Å²) in [7, 11) is 0. The molecule has 146 valence electrons. The molecule has 0 bridgehead atoms. The predicted molar refractivity (Wildman–Crippen MR) is 115 cm³/mol. The molecule has 1 saturated carbocycles. The first-order chi connectivity index (χ1) is 13.3. The minimum absolute atomic E-state index is 0.149. The van der Waals surface area contributed by atoms with Crippen LogP contribution in [0.1, 0.15) is 55.4 Å². The molecule has 1 aromatic carbocycles. The van der Waals surface area contributed by atoms with E-state index in [9.17, 15) is 4.79 Å². The summed E-state index contributed by atoms with van der Waals surface area (Å²) in [6.45, 7) is 8.76. The maximum Gasteiger partial charge on any atom is 0.281 e. The average molecular weight is 395 g/mol. The van der Waals surface area contributed by atoms with Crippen molar-refractivity contribution in [1.82, 2.24) is 15.2 Å². The number of amides is 1. The van der Waals surface area contributed by atoms with Gasteiger partial charge in [-0.15, -0.1) is 11.3 Å². The number of aryl methyl sites for hydroxylation is 1. The van der Waals surface area contributed by atoms with Gasteiger partial charge in [0.1, 0.15) is 4.83 Å². The number of hydrogen-bond acceptors (Lipinski definition) is 4. The normalized spacial score (nSPS) is 20.6. The van der Waals surface area contributed by atoms with E-state index in [0.717, 1.165) is 40.2 Å². The van der Waals surface area contributed by atoms with Gasteiger partial charge in [0.25, 0.3) is 5.91 Å². The van der Waals surface area contributed by atoms with E-state index in [0.29, 0.717) is 10.8 Å². The Morgan fingerprint density at radius 3 is 2.79 bits per heavy atom. The minimum Gasteiger partial charge on any atom is -0.266 e.